The number of ether oxygens (including phenoxy) is 1. The molecule has 1 fully saturated rings. The predicted molar refractivity (Wildman–Crippen MR) is 111 cm³/mol. The first kappa shape index (κ1) is 18.6. The Hall–Kier alpha value is -2.74. The van der Waals surface area contributed by atoms with Gasteiger partial charge in [-0.2, -0.15) is 5.10 Å². The zero-order valence-corrected chi connectivity index (χ0v) is 16.8. The van der Waals surface area contributed by atoms with Crippen LogP contribution in [0.15, 0.2) is 30.3 Å². The number of benzene rings is 1. The predicted octanol–water partition coefficient (Wildman–Crippen LogP) is 3.65. The first-order chi connectivity index (χ1) is 13.6. The summed E-state index contributed by atoms with van der Waals surface area (Å²) in [5.74, 6) is 1.73. The molecule has 0 spiro atoms. The first-order valence-electron chi connectivity index (χ1n) is 9.52. The number of hydrogen-bond donors (Lipinski definition) is 1. The standard InChI is InChI=1S/C20H23N5O2S/c1-3-27-15-5-6-16-17(12-15)28-20(21-16)22-19(26)14-8-10-25(11-9-14)18-7-4-13(2)23-24-18/h4-7,12,14H,3,8-11H2,1-2H3,(H,21,22,26). The van der Waals surface area contributed by atoms with E-state index in [0.717, 1.165) is 53.4 Å². The van der Waals surface area contributed by atoms with Crippen LogP contribution in [0.25, 0.3) is 10.2 Å². The van der Waals surface area contributed by atoms with Crippen LogP contribution in [0.2, 0.25) is 0 Å². The summed E-state index contributed by atoms with van der Waals surface area (Å²) in [6, 6.07) is 9.74. The van der Waals surface area contributed by atoms with Crippen LogP contribution in [0, 0.1) is 12.8 Å². The van der Waals surface area contributed by atoms with Crippen LogP contribution >= 0.6 is 11.3 Å². The SMILES string of the molecule is CCOc1ccc2nc(NC(=O)C3CCN(c4ccc(C)nn4)CC3)sc2c1. The van der Waals surface area contributed by atoms with E-state index < -0.39 is 0 Å². The molecule has 1 aliphatic heterocycles. The van der Waals surface area contributed by atoms with Gasteiger partial charge in [-0.1, -0.05) is 11.3 Å². The molecular weight excluding hydrogens is 374 g/mol. The van der Waals surface area contributed by atoms with Gasteiger partial charge in [-0.3, -0.25) is 4.79 Å². The lowest BCUT2D eigenvalue weighted by molar-refractivity contribution is -0.120. The lowest BCUT2D eigenvalue weighted by Gasteiger charge is -2.31. The summed E-state index contributed by atoms with van der Waals surface area (Å²) in [4.78, 5) is 19.4. The quantitative estimate of drug-likeness (QED) is 0.708. The van der Waals surface area contributed by atoms with Crippen molar-refractivity contribution < 1.29 is 9.53 Å². The van der Waals surface area contributed by atoms with Crippen LogP contribution in [0.1, 0.15) is 25.5 Å². The van der Waals surface area contributed by atoms with Crippen molar-refractivity contribution in [2.24, 2.45) is 5.92 Å². The molecule has 1 N–H and O–H groups in total. The zero-order chi connectivity index (χ0) is 19.5. The molecule has 3 aromatic rings. The molecule has 4 rings (SSSR count). The van der Waals surface area contributed by atoms with E-state index in [4.69, 9.17) is 4.74 Å². The van der Waals surface area contributed by atoms with E-state index in [9.17, 15) is 4.79 Å². The number of nitrogens with zero attached hydrogens (tertiary/aromatic N) is 4. The molecule has 146 valence electrons. The Morgan fingerprint density at radius 1 is 1.25 bits per heavy atom. The number of aryl methyl sites for hydroxylation is 1. The van der Waals surface area contributed by atoms with E-state index in [1.165, 1.54) is 11.3 Å². The number of hydrogen-bond acceptors (Lipinski definition) is 7. The highest BCUT2D eigenvalue weighted by atomic mass is 32.1. The summed E-state index contributed by atoms with van der Waals surface area (Å²) < 4.78 is 6.54. The third-order valence-electron chi connectivity index (χ3n) is 4.87. The van der Waals surface area contributed by atoms with Crippen LogP contribution in [0.5, 0.6) is 5.75 Å². The first-order valence-corrected chi connectivity index (χ1v) is 10.3. The maximum Gasteiger partial charge on any atom is 0.229 e. The van der Waals surface area contributed by atoms with Gasteiger partial charge in [0, 0.05) is 19.0 Å². The summed E-state index contributed by atoms with van der Waals surface area (Å²) in [6.45, 7) is 6.10. The molecule has 0 bridgehead atoms. The van der Waals surface area contributed by atoms with Gasteiger partial charge in [0.1, 0.15) is 5.75 Å². The van der Waals surface area contributed by atoms with E-state index in [2.05, 4.69) is 25.4 Å². The second kappa shape index (κ2) is 8.10. The van der Waals surface area contributed by atoms with Crippen LogP contribution in [-0.2, 0) is 4.79 Å². The van der Waals surface area contributed by atoms with Crippen LogP contribution < -0.4 is 15.0 Å². The average Bonchev–Trinajstić information content (AvgIpc) is 3.10. The fourth-order valence-corrected chi connectivity index (χ4v) is 4.25. The minimum absolute atomic E-state index is 0.0133. The van der Waals surface area contributed by atoms with E-state index >= 15 is 0 Å². The molecule has 1 amide bonds. The molecule has 7 nitrogen and oxygen atoms in total. The number of nitrogens with one attached hydrogen (secondary N) is 1. The summed E-state index contributed by atoms with van der Waals surface area (Å²) >= 11 is 1.48. The molecular formula is C20H23N5O2S. The van der Waals surface area contributed by atoms with Crippen molar-refractivity contribution >= 4 is 38.4 Å². The normalized spacial score (nSPS) is 15.0. The van der Waals surface area contributed by atoms with Crippen LogP contribution in [-0.4, -0.2) is 40.8 Å². The molecule has 0 aliphatic carbocycles. The lowest BCUT2D eigenvalue weighted by atomic mass is 9.96. The second-order valence-electron chi connectivity index (χ2n) is 6.87. The Morgan fingerprint density at radius 2 is 2.07 bits per heavy atom. The molecule has 2 aromatic heterocycles. The number of anilines is 2. The Kier molecular flexibility index (Phi) is 5.38. The summed E-state index contributed by atoms with van der Waals surface area (Å²) in [7, 11) is 0. The van der Waals surface area contributed by atoms with Gasteiger partial charge in [0.15, 0.2) is 10.9 Å². The van der Waals surface area contributed by atoms with E-state index in [1.54, 1.807) is 0 Å². The van der Waals surface area contributed by atoms with Crippen LogP contribution in [0.3, 0.4) is 0 Å². The van der Waals surface area contributed by atoms with Gasteiger partial charge in [0.25, 0.3) is 0 Å². The number of rotatable bonds is 5. The van der Waals surface area contributed by atoms with Crippen molar-refractivity contribution in [2.45, 2.75) is 26.7 Å². The fourth-order valence-electron chi connectivity index (χ4n) is 3.35. The zero-order valence-electron chi connectivity index (χ0n) is 16.0. The van der Waals surface area contributed by atoms with Crippen LogP contribution in [0.4, 0.5) is 10.9 Å². The van der Waals surface area contributed by atoms with Crippen molar-refractivity contribution in [1.29, 1.82) is 0 Å². The molecule has 1 saturated heterocycles. The minimum Gasteiger partial charge on any atom is -0.494 e. The summed E-state index contributed by atoms with van der Waals surface area (Å²) in [5, 5.41) is 12.0. The number of carbonyl (C=O) groups excluding carboxylic acids is 1. The highest BCUT2D eigenvalue weighted by molar-refractivity contribution is 7.22. The third-order valence-corrected chi connectivity index (χ3v) is 5.81. The molecule has 3 heterocycles. The monoisotopic (exact) mass is 397 g/mol. The van der Waals surface area contributed by atoms with Crippen molar-refractivity contribution in [3.8, 4) is 5.75 Å². The lowest BCUT2D eigenvalue weighted by Crippen LogP contribution is -2.38. The molecule has 0 radical (unpaired) electrons. The summed E-state index contributed by atoms with van der Waals surface area (Å²) in [6.07, 6.45) is 1.58. The Bertz CT molecular complexity index is 964. The number of fused-ring (bicyclic) bond motifs is 1. The van der Waals surface area contributed by atoms with Crippen molar-refractivity contribution in [1.82, 2.24) is 15.2 Å². The third kappa shape index (κ3) is 4.06. The topological polar surface area (TPSA) is 80.2 Å². The van der Waals surface area contributed by atoms with Crippen molar-refractivity contribution in [3.05, 3.63) is 36.0 Å². The van der Waals surface area contributed by atoms with E-state index in [1.807, 2.05) is 44.2 Å². The van der Waals surface area contributed by atoms with Crippen molar-refractivity contribution in [3.63, 3.8) is 0 Å². The van der Waals surface area contributed by atoms with Crippen molar-refractivity contribution in [2.75, 3.05) is 29.9 Å². The average molecular weight is 398 g/mol. The van der Waals surface area contributed by atoms with Gasteiger partial charge in [-0.05, 0) is 57.0 Å². The van der Waals surface area contributed by atoms with Gasteiger partial charge in [-0.15, -0.1) is 5.10 Å². The molecule has 0 saturated carbocycles. The molecule has 8 heteroatoms. The minimum atomic E-state index is -0.0133. The second-order valence-corrected chi connectivity index (χ2v) is 7.90. The number of aromatic nitrogens is 3. The Balaban J connectivity index is 1.36. The van der Waals surface area contributed by atoms with E-state index in [-0.39, 0.29) is 11.8 Å². The van der Waals surface area contributed by atoms with E-state index in [0.29, 0.717) is 11.7 Å². The molecule has 1 aromatic carbocycles. The van der Waals surface area contributed by atoms with Gasteiger partial charge < -0.3 is 15.0 Å². The Morgan fingerprint density at radius 3 is 2.79 bits per heavy atom. The maximum absolute atomic E-state index is 12.7. The highest BCUT2D eigenvalue weighted by Crippen LogP contribution is 2.30. The largest absolute Gasteiger partial charge is 0.494 e. The fraction of sp³-hybridized carbons (Fsp3) is 0.400. The molecule has 1 aliphatic rings. The highest BCUT2D eigenvalue weighted by Gasteiger charge is 2.26. The summed E-state index contributed by atoms with van der Waals surface area (Å²) in [5.41, 5.74) is 1.78. The van der Waals surface area contributed by atoms with Gasteiger partial charge >= 0.3 is 0 Å². The maximum atomic E-state index is 12.7. The van der Waals surface area contributed by atoms with Gasteiger partial charge in [-0.25, -0.2) is 4.98 Å². The Labute approximate surface area is 167 Å². The number of thiazole rings is 1. The number of amides is 1. The van der Waals surface area contributed by atoms with Gasteiger partial charge in [0.2, 0.25) is 5.91 Å². The van der Waals surface area contributed by atoms with Gasteiger partial charge in [0.05, 0.1) is 22.5 Å². The smallest absolute Gasteiger partial charge is 0.229 e. The number of carbonyl (C=O) groups is 1. The molecule has 0 unspecified atom stereocenters. The number of piperidine rings is 1. The molecule has 28 heavy (non-hydrogen) atoms. The molecule has 0 atom stereocenters.